The Balaban J connectivity index is 1.56. The van der Waals surface area contributed by atoms with E-state index in [2.05, 4.69) is 26.0 Å². The third-order valence-electron chi connectivity index (χ3n) is 5.52. The number of furan rings is 1. The number of ether oxygens (including phenoxy) is 1. The molecule has 29 heavy (non-hydrogen) atoms. The van der Waals surface area contributed by atoms with Gasteiger partial charge in [-0.25, -0.2) is 4.98 Å². The van der Waals surface area contributed by atoms with E-state index in [1.807, 2.05) is 30.3 Å². The maximum absolute atomic E-state index is 13.5. The fraction of sp³-hybridized carbons (Fsp3) is 0.304. The maximum Gasteiger partial charge on any atom is 0.295 e. The summed E-state index contributed by atoms with van der Waals surface area (Å²) in [6.45, 7) is 5.40. The highest BCUT2D eigenvalue weighted by molar-refractivity contribution is 7.22. The normalized spacial score (nSPS) is 16.7. The molecule has 0 aliphatic carbocycles. The number of para-hydroxylation sites is 1. The molecule has 5 rings (SSSR count). The number of fused-ring (bicyclic) bond motifs is 2. The molecule has 1 saturated heterocycles. The Hall–Kier alpha value is -2.70. The standard InChI is InChI=1S/C23H22N2O3S/c1-14-10-18-21(11-15(14)2)29-23(24-18)25(13-17-7-5-9-27-17)22(26)20-12-16-6-3-4-8-19(16)28-20/h3-4,6,8,10-12,17H,5,7,9,13H2,1-2H3. The molecule has 2 aromatic carbocycles. The van der Waals surface area contributed by atoms with Crippen LogP contribution in [0.3, 0.4) is 0 Å². The van der Waals surface area contributed by atoms with Crippen LogP contribution in [0.2, 0.25) is 0 Å². The average molecular weight is 407 g/mol. The van der Waals surface area contributed by atoms with E-state index in [1.54, 1.807) is 4.90 Å². The topological polar surface area (TPSA) is 55.6 Å². The molecule has 0 bridgehead atoms. The van der Waals surface area contributed by atoms with Gasteiger partial charge < -0.3 is 9.15 Å². The van der Waals surface area contributed by atoms with Crippen molar-refractivity contribution in [1.29, 1.82) is 0 Å². The molecule has 6 heteroatoms. The number of aryl methyl sites for hydroxylation is 2. The number of rotatable bonds is 4. The van der Waals surface area contributed by atoms with Crippen LogP contribution in [-0.4, -0.2) is 30.1 Å². The minimum absolute atomic E-state index is 0.0267. The molecular formula is C23H22N2O3S. The van der Waals surface area contributed by atoms with Crippen LogP contribution in [0.25, 0.3) is 21.2 Å². The summed E-state index contributed by atoms with van der Waals surface area (Å²) < 4.78 is 12.7. The zero-order chi connectivity index (χ0) is 20.0. The summed E-state index contributed by atoms with van der Waals surface area (Å²) in [5.74, 6) is 0.153. The maximum atomic E-state index is 13.5. The Kier molecular flexibility index (Phi) is 4.60. The largest absolute Gasteiger partial charge is 0.451 e. The summed E-state index contributed by atoms with van der Waals surface area (Å²) in [5.41, 5.74) is 4.05. The molecule has 0 saturated carbocycles. The minimum Gasteiger partial charge on any atom is -0.451 e. The van der Waals surface area contributed by atoms with Crippen molar-refractivity contribution in [3.8, 4) is 0 Å². The zero-order valence-electron chi connectivity index (χ0n) is 16.5. The molecule has 4 aromatic rings. The monoisotopic (exact) mass is 406 g/mol. The lowest BCUT2D eigenvalue weighted by Gasteiger charge is -2.22. The van der Waals surface area contributed by atoms with Gasteiger partial charge >= 0.3 is 0 Å². The SMILES string of the molecule is Cc1cc2nc(N(CC3CCCO3)C(=O)c3cc4ccccc4o3)sc2cc1C. The molecule has 0 radical (unpaired) electrons. The first-order valence-corrected chi connectivity index (χ1v) is 10.7. The number of benzene rings is 2. The molecule has 0 spiro atoms. The van der Waals surface area contributed by atoms with Crippen LogP contribution in [0.4, 0.5) is 5.13 Å². The highest BCUT2D eigenvalue weighted by Crippen LogP contribution is 2.33. The summed E-state index contributed by atoms with van der Waals surface area (Å²) in [6.07, 6.45) is 2.00. The number of amides is 1. The van der Waals surface area contributed by atoms with Crippen molar-refractivity contribution in [2.75, 3.05) is 18.1 Å². The van der Waals surface area contributed by atoms with Crippen LogP contribution in [-0.2, 0) is 4.74 Å². The number of thiazole rings is 1. The lowest BCUT2D eigenvalue weighted by Crippen LogP contribution is -2.37. The van der Waals surface area contributed by atoms with Crippen LogP contribution in [0, 0.1) is 13.8 Å². The van der Waals surface area contributed by atoms with E-state index in [9.17, 15) is 4.79 Å². The molecule has 1 unspecified atom stereocenters. The molecule has 1 amide bonds. The molecular weight excluding hydrogens is 384 g/mol. The number of nitrogens with zero attached hydrogens (tertiary/aromatic N) is 2. The van der Waals surface area contributed by atoms with Crippen LogP contribution in [0.5, 0.6) is 0 Å². The Morgan fingerprint density at radius 3 is 2.83 bits per heavy atom. The van der Waals surface area contributed by atoms with Gasteiger partial charge in [0.2, 0.25) is 0 Å². The van der Waals surface area contributed by atoms with E-state index in [-0.39, 0.29) is 12.0 Å². The molecule has 0 N–H and O–H groups in total. The quantitative estimate of drug-likeness (QED) is 0.450. The van der Waals surface area contributed by atoms with Crippen LogP contribution in [0.15, 0.2) is 46.9 Å². The Labute approximate surface area is 172 Å². The van der Waals surface area contributed by atoms with Crippen molar-refractivity contribution in [3.05, 3.63) is 59.4 Å². The summed E-state index contributed by atoms with van der Waals surface area (Å²) in [5, 5.41) is 1.61. The van der Waals surface area contributed by atoms with Crippen molar-refractivity contribution in [1.82, 2.24) is 4.98 Å². The fourth-order valence-corrected chi connectivity index (χ4v) is 4.80. The van der Waals surface area contributed by atoms with E-state index >= 15 is 0 Å². The van der Waals surface area contributed by atoms with E-state index in [0.717, 1.165) is 35.1 Å². The number of hydrogen-bond donors (Lipinski definition) is 0. The first-order valence-electron chi connectivity index (χ1n) is 9.88. The Bertz CT molecular complexity index is 1130. The van der Waals surface area contributed by atoms with Gasteiger partial charge in [0.05, 0.1) is 22.9 Å². The molecule has 1 aliphatic heterocycles. The first-order chi connectivity index (χ1) is 14.1. The van der Waals surface area contributed by atoms with Crippen molar-refractivity contribution in [3.63, 3.8) is 0 Å². The van der Waals surface area contributed by atoms with Crippen molar-refractivity contribution >= 4 is 43.6 Å². The summed E-state index contributed by atoms with van der Waals surface area (Å²) >= 11 is 1.54. The molecule has 5 nitrogen and oxygen atoms in total. The van der Waals surface area contributed by atoms with Gasteiger partial charge in [-0.05, 0) is 62.1 Å². The molecule has 1 aliphatic rings. The number of carbonyl (C=O) groups is 1. The summed E-state index contributed by atoms with van der Waals surface area (Å²) in [7, 11) is 0. The van der Waals surface area contributed by atoms with Gasteiger partial charge in [-0.2, -0.15) is 0 Å². The number of carbonyl (C=O) groups excluding carboxylic acids is 1. The van der Waals surface area contributed by atoms with E-state index < -0.39 is 0 Å². The second-order valence-corrected chi connectivity index (χ2v) is 8.61. The van der Waals surface area contributed by atoms with Crippen LogP contribution < -0.4 is 4.90 Å². The number of anilines is 1. The van der Waals surface area contributed by atoms with E-state index in [4.69, 9.17) is 14.1 Å². The molecule has 148 valence electrons. The number of aromatic nitrogens is 1. The van der Waals surface area contributed by atoms with Gasteiger partial charge in [-0.1, -0.05) is 29.5 Å². The molecule has 1 fully saturated rings. The lowest BCUT2D eigenvalue weighted by molar-refractivity contribution is 0.0896. The second-order valence-electron chi connectivity index (χ2n) is 7.60. The van der Waals surface area contributed by atoms with Crippen LogP contribution in [0.1, 0.15) is 34.5 Å². The van der Waals surface area contributed by atoms with Gasteiger partial charge in [0.15, 0.2) is 10.9 Å². The van der Waals surface area contributed by atoms with Gasteiger partial charge in [-0.15, -0.1) is 0 Å². The van der Waals surface area contributed by atoms with Gasteiger partial charge in [-0.3, -0.25) is 9.69 Å². The van der Waals surface area contributed by atoms with Gasteiger partial charge in [0.25, 0.3) is 5.91 Å². The second kappa shape index (κ2) is 7.28. The summed E-state index contributed by atoms with van der Waals surface area (Å²) in [4.78, 5) is 20.0. The van der Waals surface area contributed by atoms with Crippen LogP contribution >= 0.6 is 11.3 Å². The zero-order valence-corrected chi connectivity index (χ0v) is 17.3. The minimum atomic E-state index is -0.177. The summed E-state index contributed by atoms with van der Waals surface area (Å²) in [6, 6.07) is 13.7. The van der Waals surface area contributed by atoms with Crippen molar-refractivity contribution in [2.24, 2.45) is 0 Å². The molecule has 3 heterocycles. The Morgan fingerprint density at radius 1 is 1.21 bits per heavy atom. The van der Waals surface area contributed by atoms with E-state index in [1.165, 1.54) is 22.5 Å². The Morgan fingerprint density at radius 2 is 2.03 bits per heavy atom. The van der Waals surface area contributed by atoms with E-state index in [0.29, 0.717) is 23.0 Å². The van der Waals surface area contributed by atoms with Crippen molar-refractivity contribution in [2.45, 2.75) is 32.8 Å². The average Bonchev–Trinajstić information content (AvgIpc) is 3.45. The highest BCUT2D eigenvalue weighted by Gasteiger charge is 2.29. The predicted octanol–water partition coefficient (Wildman–Crippen LogP) is 5.49. The highest BCUT2D eigenvalue weighted by atomic mass is 32.1. The lowest BCUT2D eigenvalue weighted by atomic mass is 10.1. The fourth-order valence-electron chi connectivity index (χ4n) is 3.74. The van der Waals surface area contributed by atoms with Gasteiger partial charge in [0.1, 0.15) is 5.58 Å². The first kappa shape index (κ1) is 18.3. The van der Waals surface area contributed by atoms with Gasteiger partial charge in [0, 0.05) is 12.0 Å². The molecule has 2 aromatic heterocycles. The smallest absolute Gasteiger partial charge is 0.295 e. The third kappa shape index (κ3) is 3.43. The van der Waals surface area contributed by atoms with Crippen molar-refractivity contribution < 1.29 is 13.9 Å². The molecule has 1 atom stereocenters. The third-order valence-corrected chi connectivity index (χ3v) is 6.56. The predicted molar refractivity (Wildman–Crippen MR) is 116 cm³/mol. The number of hydrogen-bond acceptors (Lipinski definition) is 5.